The Morgan fingerprint density at radius 1 is 1.38 bits per heavy atom. The third-order valence-corrected chi connectivity index (χ3v) is 2.32. The Balaban J connectivity index is 3.11. The van der Waals surface area contributed by atoms with Crippen molar-refractivity contribution in [1.29, 1.82) is 5.26 Å². The van der Waals surface area contributed by atoms with Crippen LogP contribution in [-0.2, 0) is 4.79 Å². The quantitative estimate of drug-likeness (QED) is 0.710. The normalized spacial score (nSPS) is 11.8. The van der Waals surface area contributed by atoms with Gasteiger partial charge in [0, 0.05) is 0 Å². The molecule has 0 radical (unpaired) electrons. The number of carbonyl (C=O) groups is 1. The van der Waals surface area contributed by atoms with Gasteiger partial charge in [-0.25, -0.2) is 0 Å². The molecule has 1 atom stereocenters. The zero-order valence-electron chi connectivity index (χ0n) is 6.50. The molecule has 0 aliphatic rings. The van der Waals surface area contributed by atoms with Crippen LogP contribution in [0.4, 0.5) is 0 Å². The monoisotopic (exact) mass is 213 g/mol. The number of aldehydes is 1. The van der Waals surface area contributed by atoms with Gasteiger partial charge in [0.05, 0.1) is 16.1 Å². The van der Waals surface area contributed by atoms with Crippen LogP contribution < -0.4 is 0 Å². The van der Waals surface area contributed by atoms with E-state index in [-0.39, 0.29) is 0 Å². The van der Waals surface area contributed by atoms with Gasteiger partial charge in [0.2, 0.25) is 0 Å². The molecule has 0 spiro atoms. The number of benzene rings is 1. The van der Waals surface area contributed by atoms with Crippen LogP contribution in [0.2, 0.25) is 10.0 Å². The molecule has 0 amide bonds. The molecule has 1 aromatic carbocycles. The summed E-state index contributed by atoms with van der Waals surface area (Å²) in [7, 11) is 0. The smallest absolute Gasteiger partial charge is 0.141 e. The Morgan fingerprint density at radius 2 is 2.08 bits per heavy atom. The fraction of sp³-hybridized carbons (Fsp3) is 0.111. The topological polar surface area (TPSA) is 40.9 Å². The lowest BCUT2D eigenvalue weighted by molar-refractivity contribution is -0.108. The minimum atomic E-state index is -0.769. The van der Waals surface area contributed by atoms with Gasteiger partial charge in [0.1, 0.15) is 12.2 Å². The molecular formula is C9H5Cl2NO. The molecule has 0 N–H and O–H groups in total. The molecule has 1 aromatic rings. The number of nitriles is 1. The first-order valence-corrected chi connectivity index (χ1v) is 4.24. The molecule has 1 rings (SSSR count). The second kappa shape index (κ2) is 4.27. The predicted octanol–water partition coefficient (Wildman–Crippen LogP) is 2.80. The summed E-state index contributed by atoms with van der Waals surface area (Å²) in [4.78, 5) is 10.4. The molecule has 0 aromatic heterocycles. The van der Waals surface area contributed by atoms with E-state index < -0.39 is 5.92 Å². The third-order valence-electron chi connectivity index (χ3n) is 1.58. The molecule has 0 fully saturated rings. The van der Waals surface area contributed by atoms with E-state index in [0.29, 0.717) is 21.9 Å². The van der Waals surface area contributed by atoms with Crippen LogP contribution in [0, 0.1) is 11.3 Å². The lowest BCUT2D eigenvalue weighted by atomic mass is 10.0. The molecule has 0 aliphatic heterocycles. The lowest BCUT2D eigenvalue weighted by Crippen LogP contribution is -1.96. The fourth-order valence-electron chi connectivity index (χ4n) is 0.889. The predicted molar refractivity (Wildman–Crippen MR) is 50.9 cm³/mol. The van der Waals surface area contributed by atoms with Crippen LogP contribution in [-0.4, -0.2) is 6.29 Å². The Morgan fingerprint density at radius 3 is 2.54 bits per heavy atom. The molecule has 0 aliphatic carbocycles. The zero-order valence-corrected chi connectivity index (χ0v) is 8.01. The van der Waals surface area contributed by atoms with Gasteiger partial charge in [-0.05, 0) is 17.7 Å². The second-order valence-corrected chi connectivity index (χ2v) is 3.23. The summed E-state index contributed by atoms with van der Waals surface area (Å²) >= 11 is 11.4. The van der Waals surface area contributed by atoms with Crippen LogP contribution in [0.25, 0.3) is 0 Å². The number of hydrogen-bond acceptors (Lipinski definition) is 2. The van der Waals surface area contributed by atoms with Gasteiger partial charge in [-0.3, -0.25) is 0 Å². The van der Waals surface area contributed by atoms with E-state index in [1.165, 1.54) is 6.07 Å². The zero-order chi connectivity index (χ0) is 9.84. The average molecular weight is 214 g/mol. The first-order chi connectivity index (χ1) is 6.19. The molecule has 0 saturated heterocycles. The number of carbonyl (C=O) groups excluding carboxylic acids is 1. The van der Waals surface area contributed by atoms with Crippen molar-refractivity contribution in [3.05, 3.63) is 33.8 Å². The average Bonchev–Trinajstić information content (AvgIpc) is 2.13. The molecule has 66 valence electrons. The highest BCUT2D eigenvalue weighted by molar-refractivity contribution is 6.42. The first-order valence-electron chi connectivity index (χ1n) is 3.49. The molecule has 0 heterocycles. The van der Waals surface area contributed by atoms with Gasteiger partial charge >= 0.3 is 0 Å². The minimum absolute atomic E-state index is 0.348. The number of halogens is 2. The summed E-state index contributed by atoms with van der Waals surface area (Å²) in [5.41, 5.74) is 0.562. The summed E-state index contributed by atoms with van der Waals surface area (Å²) in [6.07, 6.45) is 0.569. The third kappa shape index (κ3) is 2.21. The molecule has 0 bridgehead atoms. The van der Waals surface area contributed by atoms with Crippen molar-refractivity contribution < 1.29 is 4.79 Å². The Bertz CT molecular complexity index is 370. The van der Waals surface area contributed by atoms with Crippen molar-refractivity contribution in [2.75, 3.05) is 0 Å². The first kappa shape index (κ1) is 10.0. The van der Waals surface area contributed by atoms with Crippen LogP contribution in [0.15, 0.2) is 18.2 Å². The number of hydrogen-bond donors (Lipinski definition) is 0. The Hall–Kier alpha value is -1.04. The van der Waals surface area contributed by atoms with Crippen LogP contribution in [0.1, 0.15) is 11.5 Å². The number of nitrogens with zero attached hydrogens (tertiary/aromatic N) is 1. The number of rotatable bonds is 2. The molecule has 0 unspecified atom stereocenters. The summed E-state index contributed by atoms with van der Waals surface area (Å²) in [5.74, 6) is -0.769. The maximum Gasteiger partial charge on any atom is 0.141 e. The van der Waals surface area contributed by atoms with Gasteiger partial charge in [-0.1, -0.05) is 29.3 Å². The van der Waals surface area contributed by atoms with Gasteiger partial charge in [0.15, 0.2) is 0 Å². The van der Waals surface area contributed by atoms with E-state index in [4.69, 9.17) is 28.5 Å². The van der Waals surface area contributed by atoms with E-state index in [0.717, 1.165) is 0 Å². The lowest BCUT2D eigenvalue weighted by Gasteiger charge is -2.02. The van der Waals surface area contributed by atoms with Crippen molar-refractivity contribution in [3.63, 3.8) is 0 Å². The van der Waals surface area contributed by atoms with Crippen molar-refractivity contribution >= 4 is 29.5 Å². The van der Waals surface area contributed by atoms with E-state index in [1.54, 1.807) is 12.1 Å². The van der Waals surface area contributed by atoms with Crippen molar-refractivity contribution in [1.82, 2.24) is 0 Å². The largest absolute Gasteiger partial charge is 0.302 e. The van der Waals surface area contributed by atoms with Crippen LogP contribution >= 0.6 is 23.2 Å². The summed E-state index contributed by atoms with van der Waals surface area (Å²) < 4.78 is 0. The van der Waals surface area contributed by atoms with Crippen molar-refractivity contribution in [2.45, 2.75) is 5.92 Å². The van der Waals surface area contributed by atoms with Crippen LogP contribution in [0.5, 0.6) is 0 Å². The van der Waals surface area contributed by atoms with E-state index in [9.17, 15) is 4.79 Å². The Kier molecular flexibility index (Phi) is 3.30. The minimum Gasteiger partial charge on any atom is -0.302 e. The maximum absolute atomic E-state index is 10.4. The fourth-order valence-corrected chi connectivity index (χ4v) is 1.20. The Labute approximate surface area is 85.7 Å². The van der Waals surface area contributed by atoms with Crippen LogP contribution in [0.3, 0.4) is 0 Å². The molecule has 4 heteroatoms. The molecule has 13 heavy (non-hydrogen) atoms. The summed E-state index contributed by atoms with van der Waals surface area (Å²) in [6.45, 7) is 0. The standard InChI is InChI=1S/C9H5Cl2NO/c10-8-2-1-6(3-9(8)11)7(4-12)5-13/h1-3,5,7H/t7-/m1/s1. The second-order valence-electron chi connectivity index (χ2n) is 2.42. The highest BCUT2D eigenvalue weighted by atomic mass is 35.5. The highest BCUT2D eigenvalue weighted by Crippen LogP contribution is 2.25. The summed E-state index contributed by atoms with van der Waals surface area (Å²) in [5, 5.41) is 9.34. The molecule has 0 saturated carbocycles. The van der Waals surface area contributed by atoms with E-state index >= 15 is 0 Å². The SMILES string of the molecule is N#C[C@H](C=O)c1ccc(Cl)c(Cl)c1. The van der Waals surface area contributed by atoms with Crippen molar-refractivity contribution in [2.24, 2.45) is 0 Å². The van der Waals surface area contributed by atoms with Crippen molar-refractivity contribution in [3.8, 4) is 6.07 Å². The maximum atomic E-state index is 10.4. The van der Waals surface area contributed by atoms with Gasteiger partial charge in [-0.15, -0.1) is 0 Å². The summed E-state index contributed by atoms with van der Waals surface area (Å²) in [6, 6.07) is 6.54. The highest BCUT2D eigenvalue weighted by Gasteiger charge is 2.09. The van der Waals surface area contributed by atoms with E-state index in [2.05, 4.69) is 0 Å². The molecule has 2 nitrogen and oxygen atoms in total. The van der Waals surface area contributed by atoms with Gasteiger partial charge in [0.25, 0.3) is 0 Å². The molecular weight excluding hydrogens is 209 g/mol. The van der Waals surface area contributed by atoms with Gasteiger partial charge < -0.3 is 4.79 Å². The van der Waals surface area contributed by atoms with Gasteiger partial charge in [-0.2, -0.15) is 5.26 Å². The van der Waals surface area contributed by atoms with E-state index in [1.807, 2.05) is 6.07 Å².